The van der Waals surface area contributed by atoms with Gasteiger partial charge in [-0.05, 0) is 150 Å². The smallest absolute Gasteiger partial charge is 0.145 e. The van der Waals surface area contributed by atoms with E-state index in [1.807, 2.05) is 0 Å². The number of nitrogens with zero attached hydrogens (tertiary/aromatic N) is 2. The summed E-state index contributed by atoms with van der Waals surface area (Å²) in [5, 5.41) is 6.94. The molecule has 2 aliphatic rings. The molecule has 0 fully saturated rings. The number of benzene rings is 14. The Labute approximate surface area is 535 Å². The zero-order valence-electron chi connectivity index (χ0n) is 50.9. The number of furan rings is 2. The molecule has 5 heteroatoms. The van der Waals surface area contributed by atoms with E-state index < -0.39 is 13.5 Å². The van der Waals surface area contributed by atoms with Gasteiger partial charge < -0.3 is 18.6 Å². The molecule has 1 aliphatic carbocycles. The summed E-state index contributed by atoms with van der Waals surface area (Å²) in [6, 6.07) is 120. The van der Waals surface area contributed by atoms with Crippen molar-refractivity contribution in [2.75, 3.05) is 9.80 Å². The molecule has 0 saturated carbocycles. The highest BCUT2D eigenvalue weighted by molar-refractivity contribution is 7.01. The highest BCUT2D eigenvalue weighted by Crippen LogP contribution is 2.65. The topological polar surface area (TPSA) is 32.8 Å². The molecule has 0 saturated heterocycles. The molecule has 0 amide bonds. The third-order valence-corrected chi connectivity index (χ3v) is 23.3. The lowest BCUT2D eigenvalue weighted by molar-refractivity contribution is 0.665. The van der Waals surface area contributed by atoms with Crippen molar-refractivity contribution in [3.8, 4) is 55.6 Å². The first-order valence-corrected chi connectivity index (χ1v) is 34.8. The van der Waals surface area contributed by atoms with E-state index in [4.69, 9.17) is 8.83 Å². The van der Waals surface area contributed by atoms with Crippen LogP contribution in [-0.4, -0.2) is 8.07 Å². The largest absolute Gasteiger partial charge is 0.455 e. The summed E-state index contributed by atoms with van der Waals surface area (Å²) in [5.41, 5.74) is 24.8. The van der Waals surface area contributed by atoms with Crippen LogP contribution in [0.2, 0.25) is 13.1 Å². The molecular weight excluding hydrogens is 1130 g/mol. The van der Waals surface area contributed by atoms with E-state index >= 15 is 0 Å². The van der Waals surface area contributed by atoms with E-state index in [9.17, 15) is 0 Å². The van der Waals surface area contributed by atoms with Crippen molar-refractivity contribution in [3.63, 3.8) is 0 Å². The van der Waals surface area contributed by atoms with Gasteiger partial charge in [0.25, 0.3) is 0 Å². The normalized spacial score (nSPS) is 13.3. The molecule has 2 aromatic heterocycles. The highest BCUT2D eigenvalue weighted by atomic mass is 28.3. The van der Waals surface area contributed by atoms with Gasteiger partial charge in [0.15, 0.2) is 0 Å². The maximum Gasteiger partial charge on any atom is 0.145 e. The van der Waals surface area contributed by atoms with Crippen LogP contribution in [0.5, 0.6) is 0 Å². The van der Waals surface area contributed by atoms with E-state index in [0.717, 1.165) is 123 Å². The summed E-state index contributed by atoms with van der Waals surface area (Å²) in [6.07, 6.45) is 0. The summed E-state index contributed by atoms with van der Waals surface area (Å²) in [6.45, 7) is 5.08. The minimum Gasteiger partial charge on any atom is -0.455 e. The lowest BCUT2D eigenvalue weighted by Crippen LogP contribution is -2.63. The fraction of sp³-hybridized carbons (Fsp3) is 0.0345. The molecule has 434 valence electrons. The van der Waals surface area contributed by atoms with E-state index in [0.29, 0.717) is 0 Å². The van der Waals surface area contributed by atoms with Gasteiger partial charge in [0.05, 0.1) is 27.6 Å². The van der Waals surface area contributed by atoms with Gasteiger partial charge in [-0.1, -0.05) is 268 Å². The first-order chi connectivity index (χ1) is 45.4. The SMILES string of the molecule is C[Si]1(C)c2ccccc2C2(c3ccccc31)c1cc(N(c3ccc(-c4ccccc4)cc3)c3ccc(-c4ccccc4)cc3)c3c(oc4ccccc43)c1-c1c2cc(N(c2ccc(-c3ccccc3)cc2)c2ccc(-c3ccccc3)cc2)c2c1oc1ccccc12. The zero-order valence-corrected chi connectivity index (χ0v) is 51.9. The third kappa shape index (κ3) is 8.15. The summed E-state index contributed by atoms with van der Waals surface area (Å²) in [4.78, 5) is 4.96. The second-order valence-electron chi connectivity index (χ2n) is 25.0. The molecule has 4 nitrogen and oxygen atoms in total. The predicted octanol–water partition coefficient (Wildman–Crippen LogP) is 22.6. The van der Waals surface area contributed by atoms with Crippen LogP contribution in [-0.2, 0) is 5.41 Å². The fourth-order valence-electron chi connectivity index (χ4n) is 15.5. The predicted molar refractivity (Wildman–Crippen MR) is 386 cm³/mol. The maximum atomic E-state index is 7.68. The molecule has 14 aromatic carbocycles. The summed E-state index contributed by atoms with van der Waals surface area (Å²) in [5.74, 6) is 0. The van der Waals surface area contributed by atoms with Crippen LogP contribution in [0.3, 0.4) is 0 Å². The fourth-order valence-corrected chi connectivity index (χ4v) is 18.7. The molecule has 0 unspecified atom stereocenters. The van der Waals surface area contributed by atoms with Gasteiger partial charge in [-0.2, -0.15) is 0 Å². The monoisotopic (exact) mass is 1190 g/mol. The van der Waals surface area contributed by atoms with Crippen molar-refractivity contribution in [1.82, 2.24) is 0 Å². The van der Waals surface area contributed by atoms with E-state index in [2.05, 4.69) is 350 Å². The molecule has 1 aliphatic heterocycles. The van der Waals surface area contributed by atoms with Crippen molar-refractivity contribution < 1.29 is 8.83 Å². The van der Waals surface area contributed by atoms with Crippen molar-refractivity contribution in [3.05, 3.63) is 350 Å². The summed E-state index contributed by atoms with van der Waals surface area (Å²) in [7, 11) is -2.41. The minimum atomic E-state index is -2.41. The van der Waals surface area contributed by atoms with Crippen LogP contribution in [0.25, 0.3) is 99.5 Å². The van der Waals surface area contributed by atoms with Gasteiger partial charge in [-0.25, -0.2) is 0 Å². The highest BCUT2D eigenvalue weighted by Gasteiger charge is 2.56. The maximum absolute atomic E-state index is 7.68. The Hall–Kier alpha value is -11.5. The third-order valence-electron chi connectivity index (χ3n) is 19.7. The molecule has 0 N–H and O–H groups in total. The quantitative estimate of drug-likeness (QED) is 0.128. The first kappa shape index (κ1) is 53.5. The van der Waals surface area contributed by atoms with E-state index in [1.165, 1.54) is 43.8 Å². The Balaban J connectivity index is 0.983. The van der Waals surface area contributed by atoms with Crippen molar-refractivity contribution in [2.45, 2.75) is 18.5 Å². The number of para-hydroxylation sites is 2. The summed E-state index contributed by atoms with van der Waals surface area (Å²) >= 11 is 0. The van der Waals surface area contributed by atoms with Gasteiger partial charge in [0.1, 0.15) is 30.4 Å². The standard InChI is InChI=1S/C87H60N2O2Si/c1-92(2)79-37-21-17-33-71(79)87(72-34-18-22-38-80(72)92)73-55-75(88(65-47-39-61(40-48-65)57-23-7-3-8-24-57)66-49-41-62(42-50-66)58-25-9-4-10-26-58)81-69-31-15-19-35-77(69)90-85(81)83(73)84-74(87)56-76(82-70-32-16-20-36-78(70)91-86(82)84)89(67-51-43-63(44-52-67)59-27-11-5-12-28-59)68-53-45-64(46-54-68)60-29-13-6-14-30-60/h3-56H,1-2H3. The molecular formula is C87H60N2O2Si. The molecule has 16 aromatic rings. The van der Waals surface area contributed by atoms with Crippen LogP contribution in [0.4, 0.5) is 34.1 Å². The molecule has 18 rings (SSSR count). The Morgan fingerprint density at radius 1 is 0.272 bits per heavy atom. The molecule has 0 bridgehead atoms. The minimum absolute atomic E-state index is 0.818. The van der Waals surface area contributed by atoms with Gasteiger partial charge in [0.2, 0.25) is 0 Å². The van der Waals surface area contributed by atoms with Gasteiger partial charge in [-0.15, -0.1) is 0 Å². The Kier molecular flexibility index (Phi) is 12.3. The lowest BCUT2D eigenvalue weighted by Gasteiger charge is -2.46. The van der Waals surface area contributed by atoms with Gasteiger partial charge in [-0.3, -0.25) is 0 Å². The van der Waals surface area contributed by atoms with Crippen molar-refractivity contribution in [1.29, 1.82) is 0 Å². The van der Waals surface area contributed by atoms with Crippen LogP contribution < -0.4 is 20.2 Å². The molecule has 0 radical (unpaired) electrons. The van der Waals surface area contributed by atoms with E-state index in [1.54, 1.807) is 0 Å². The number of hydrogen-bond acceptors (Lipinski definition) is 4. The van der Waals surface area contributed by atoms with Crippen molar-refractivity contribution >= 4 is 96.4 Å². The lowest BCUT2D eigenvalue weighted by atomic mass is 9.67. The Morgan fingerprint density at radius 3 is 0.870 bits per heavy atom. The summed E-state index contributed by atoms with van der Waals surface area (Å²) < 4.78 is 15.4. The Bertz CT molecular complexity index is 4990. The molecule has 3 heterocycles. The zero-order chi connectivity index (χ0) is 61.1. The number of hydrogen-bond donors (Lipinski definition) is 0. The average Bonchev–Trinajstić information content (AvgIpc) is 1.46. The Morgan fingerprint density at radius 2 is 0.543 bits per heavy atom. The molecule has 1 spiro atoms. The number of rotatable bonds is 10. The van der Waals surface area contributed by atoms with Gasteiger partial charge in [0, 0.05) is 44.6 Å². The number of fused-ring (bicyclic) bond motifs is 17. The van der Waals surface area contributed by atoms with Crippen LogP contribution in [0.15, 0.2) is 336 Å². The first-order valence-electron chi connectivity index (χ1n) is 31.8. The second kappa shape index (κ2) is 21.1. The van der Waals surface area contributed by atoms with Crippen molar-refractivity contribution in [2.24, 2.45) is 0 Å². The molecule has 92 heavy (non-hydrogen) atoms. The van der Waals surface area contributed by atoms with Crippen LogP contribution in [0.1, 0.15) is 22.3 Å². The number of anilines is 6. The van der Waals surface area contributed by atoms with Crippen LogP contribution in [0, 0.1) is 0 Å². The van der Waals surface area contributed by atoms with E-state index in [-0.39, 0.29) is 0 Å². The molecule has 0 atom stereocenters. The van der Waals surface area contributed by atoms with Crippen LogP contribution >= 0.6 is 0 Å². The average molecular weight is 1190 g/mol. The second-order valence-corrected chi connectivity index (χ2v) is 29.4. The van der Waals surface area contributed by atoms with Gasteiger partial charge >= 0.3 is 0 Å².